The predicted octanol–water partition coefficient (Wildman–Crippen LogP) is 17.0. The van der Waals surface area contributed by atoms with Gasteiger partial charge in [-0.2, -0.15) is 0 Å². The molecule has 0 bridgehead atoms. The van der Waals surface area contributed by atoms with E-state index in [0.29, 0.717) is 0 Å². The van der Waals surface area contributed by atoms with E-state index in [1.807, 2.05) is 0 Å². The number of anilines is 3. The van der Waals surface area contributed by atoms with Crippen molar-refractivity contribution in [2.45, 2.75) is 0 Å². The molecule has 0 radical (unpaired) electrons. The van der Waals surface area contributed by atoms with Crippen molar-refractivity contribution in [2.75, 3.05) is 4.90 Å². The second-order valence-electron chi connectivity index (χ2n) is 15.6. The molecule has 11 rings (SSSR count). The van der Waals surface area contributed by atoms with Gasteiger partial charge in [-0.05, 0) is 107 Å². The van der Waals surface area contributed by atoms with Crippen molar-refractivity contribution in [3.05, 3.63) is 249 Å². The van der Waals surface area contributed by atoms with Crippen LogP contribution in [0.15, 0.2) is 249 Å². The summed E-state index contributed by atoms with van der Waals surface area (Å²) >= 11 is 0. The van der Waals surface area contributed by atoms with Gasteiger partial charge in [-0.25, -0.2) is 0 Å². The van der Waals surface area contributed by atoms with Crippen LogP contribution in [0.5, 0.6) is 0 Å². The third kappa shape index (κ3) is 6.63. The minimum Gasteiger partial charge on any atom is -0.309 e. The lowest BCUT2D eigenvalue weighted by molar-refractivity contribution is 1.29. The molecule has 0 amide bonds. The van der Waals surface area contributed by atoms with Crippen molar-refractivity contribution in [3.63, 3.8) is 0 Å². The third-order valence-electron chi connectivity index (χ3n) is 12.0. The van der Waals surface area contributed by atoms with Crippen LogP contribution in [0.2, 0.25) is 0 Å². The monoisotopic (exact) mass is 775 g/mol. The molecular weight excluding hydrogens is 735 g/mol. The van der Waals surface area contributed by atoms with Gasteiger partial charge in [-0.15, -0.1) is 0 Å². The fourth-order valence-electron chi connectivity index (χ4n) is 9.19. The maximum atomic E-state index is 2.50. The molecule has 0 aliphatic carbocycles. The average molecular weight is 776 g/mol. The lowest BCUT2D eigenvalue weighted by atomic mass is 9.85. The van der Waals surface area contributed by atoms with E-state index in [1.165, 1.54) is 76.8 Å². The van der Waals surface area contributed by atoms with Crippen LogP contribution in [0, 0.1) is 0 Å². The normalized spacial score (nSPS) is 11.3. The highest BCUT2D eigenvalue weighted by molar-refractivity contribution is 6.11. The molecule has 1 nitrogen and oxygen atoms in total. The second-order valence-corrected chi connectivity index (χ2v) is 15.6. The summed E-state index contributed by atoms with van der Waals surface area (Å²) in [6, 6.07) is 90.7. The SMILES string of the molecule is c1ccc(-c2ccc(N(c3ccc(-c4ccc5ccc6ccccc6c5c4)c(-c4ccccc4)c3-c3ccccc3)c3ccc4ccccc4c3-c3ccccc3)cc2)cc1. The van der Waals surface area contributed by atoms with Gasteiger partial charge in [-0.3, -0.25) is 0 Å². The van der Waals surface area contributed by atoms with Gasteiger partial charge in [0.15, 0.2) is 0 Å². The highest BCUT2D eigenvalue weighted by atomic mass is 15.1. The Hall–Kier alpha value is -8.00. The van der Waals surface area contributed by atoms with E-state index >= 15 is 0 Å². The van der Waals surface area contributed by atoms with Gasteiger partial charge in [0, 0.05) is 16.8 Å². The van der Waals surface area contributed by atoms with Gasteiger partial charge < -0.3 is 4.90 Å². The standard InChI is InChI=1S/C60H41N/c1-5-17-42(18-6-1)43-33-36-51(37-34-43)61(56-39-35-45-20-14-16-28-53(45)58(56)47-21-7-2-8-22-47)57-40-38-54(50-32-31-46-30-29-44-19-13-15-27-52(44)55(46)41-50)59(48-23-9-3-10-24-48)60(57)49-25-11-4-12-26-49/h1-41H. The van der Waals surface area contributed by atoms with Gasteiger partial charge in [0.1, 0.15) is 0 Å². The smallest absolute Gasteiger partial charge is 0.0546 e. The Balaban J connectivity index is 1.24. The molecule has 0 aliphatic heterocycles. The molecule has 0 aliphatic rings. The Kier molecular flexibility index (Phi) is 9.26. The third-order valence-corrected chi connectivity index (χ3v) is 12.0. The lowest BCUT2D eigenvalue weighted by Gasteiger charge is -2.32. The molecule has 0 atom stereocenters. The highest BCUT2D eigenvalue weighted by Crippen LogP contribution is 2.52. The first-order valence-corrected chi connectivity index (χ1v) is 21.0. The summed E-state index contributed by atoms with van der Waals surface area (Å²) in [4.78, 5) is 2.50. The van der Waals surface area contributed by atoms with Gasteiger partial charge in [0.05, 0.1) is 11.4 Å². The van der Waals surface area contributed by atoms with E-state index < -0.39 is 0 Å². The summed E-state index contributed by atoms with van der Waals surface area (Å²) in [5.41, 5.74) is 15.1. The molecule has 11 aromatic carbocycles. The number of hydrogen-bond donors (Lipinski definition) is 0. The van der Waals surface area contributed by atoms with E-state index in [0.717, 1.165) is 28.2 Å². The minimum atomic E-state index is 1.08. The zero-order chi connectivity index (χ0) is 40.5. The molecule has 0 saturated heterocycles. The minimum absolute atomic E-state index is 1.08. The van der Waals surface area contributed by atoms with Crippen molar-refractivity contribution < 1.29 is 0 Å². The second kappa shape index (κ2) is 15.6. The molecule has 0 fully saturated rings. The topological polar surface area (TPSA) is 3.24 Å². The summed E-state index contributed by atoms with van der Waals surface area (Å²) in [5.74, 6) is 0. The van der Waals surface area contributed by atoms with E-state index in [4.69, 9.17) is 0 Å². The number of rotatable bonds is 8. The maximum absolute atomic E-state index is 2.50. The first-order chi connectivity index (χ1) is 30.3. The van der Waals surface area contributed by atoms with E-state index in [2.05, 4.69) is 254 Å². The van der Waals surface area contributed by atoms with E-state index in [1.54, 1.807) is 0 Å². The van der Waals surface area contributed by atoms with E-state index in [9.17, 15) is 0 Å². The summed E-state index contributed by atoms with van der Waals surface area (Å²) in [6.07, 6.45) is 0. The number of benzene rings is 11. The van der Waals surface area contributed by atoms with Crippen molar-refractivity contribution in [1.82, 2.24) is 0 Å². The molecule has 0 saturated carbocycles. The molecule has 11 aromatic rings. The summed E-state index contributed by atoms with van der Waals surface area (Å²) in [6.45, 7) is 0. The summed E-state index contributed by atoms with van der Waals surface area (Å²) < 4.78 is 0. The van der Waals surface area contributed by atoms with Crippen molar-refractivity contribution >= 4 is 49.4 Å². The number of hydrogen-bond acceptors (Lipinski definition) is 1. The van der Waals surface area contributed by atoms with Crippen LogP contribution < -0.4 is 4.90 Å². The van der Waals surface area contributed by atoms with Crippen LogP contribution >= 0.6 is 0 Å². The van der Waals surface area contributed by atoms with Crippen LogP contribution in [0.1, 0.15) is 0 Å². The average Bonchev–Trinajstić information content (AvgIpc) is 3.35. The Bertz CT molecular complexity index is 3320. The molecule has 1 heteroatoms. The Morgan fingerprint density at radius 1 is 0.230 bits per heavy atom. The lowest BCUT2D eigenvalue weighted by Crippen LogP contribution is -2.13. The fraction of sp³-hybridized carbons (Fsp3) is 0. The summed E-state index contributed by atoms with van der Waals surface area (Å²) in [5, 5.41) is 7.41. The fourth-order valence-corrected chi connectivity index (χ4v) is 9.19. The Morgan fingerprint density at radius 3 is 1.28 bits per heavy atom. The van der Waals surface area contributed by atoms with Crippen LogP contribution in [0.25, 0.3) is 88.0 Å². The number of fused-ring (bicyclic) bond motifs is 4. The Morgan fingerprint density at radius 2 is 0.639 bits per heavy atom. The molecule has 61 heavy (non-hydrogen) atoms. The highest BCUT2D eigenvalue weighted by Gasteiger charge is 2.26. The zero-order valence-corrected chi connectivity index (χ0v) is 33.6. The first kappa shape index (κ1) is 36.1. The molecular formula is C60H41N. The van der Waals surface area contributed by atoms with Gasteiger partial charge in [0.2, 0.25) is 0 Å². The zero-order valence-electron chi connectivity index (χ0n) is 33.6. The van der Waals surface area contributed by atoms with Crippen molar-refractivity contribution in [1.29, 1.82) is 0 Å². The first-order valence-electron chi connectivity index (χ1n) is 21.0. The van der Waals surface area contributed by atoms with Gasteiger partial charge >= 0.3 is 0 Å². The van der Waals surface area contributed by atoms with Crippen molar-refractivity contribution in [2.24, 2.45) is 0 Å². The Labute approximate surface area is 357 Å². The molecule has 0 N–H and O–H groups in total. The van der Waals surface area contributed by atoms with Crippen LogP contribution in [0.3, 0.4) is 0 Å². The van der Waals surface area contributed by atoms with Crippen LogP contribution in [-0.2, 0) is 0 Å². The molecule has 286 valence electrons. The van der Waals surface area contributed by atoms with Crippen LogP contribution in [0.4, 0.5) is 17.1 Å². The molecule has 0 heterocycles. The summed E-state index contributed by atoms with van der Waals surface area (Å²) in [7, 11) is 0. The quantitative estimate of drug-likeness (QED) is 0.139. The van der Waals surface area contributed by atoms with Crippen molar-refractivity contribution in [3.8, 4) is 55.6 Å². The molecule has 0 aromatic heterocycles. The number of nitrogens with zero attached hydrogens (tertiary/aromatic N) is 1. The largest absolute Gasteiger partial charge is 0.309 e. The van der Waals surface area contributed by atoms with E-state index in [-0.39, 0.29) is 0 Å². The molecule has 0 unspecified atom stereocenters. The maximum Gasteiger partial charge on any atom is 0.0546 e. The molecule has 0 spiro atoms. The van der Waals surface area contributed by atoms with Gasteiger partial charge in [0.25, 0.3) is 0 Å². The van der Waals surface area contributed by atoms with Gasteiger partial charge in [-0.1, -0.05) is 218 Å². The predicted molar refractivity (Wildman–Crippen MR) is 261 cm³/mol. The van der Waals surface area contributed by atoms with Crippen LogP contribution in [-0.4, -0.2) is 0 Å².